The number of hydrazine groups is 1. The summed E-state index contributed by atoms with van der Waals surface area (Å²) in [5, 5.41) is 9.47. The SMILES string of the molecule is NNCCCCCC(=O)c1ccccc1O. The maximum atomic E-state index is 11.7. The van der Waals surface area contributed by atoms with Crippen molar-refractivity contribution < 1.29 is 9.90 Å². The van der Waals surface area contributed by atoms with Crippen molar-refractivity contribution in [3.63, 3.8) is 0 Å². The molecular formula is C12H18N2O2. The summed E-state index contributed by atoms with van der Waals surface area (Å²) in [6.07, 6.45) is 3.23. The molecule has 1 rings (SSSR count). The average molecular weight is 222 g/mol. The summed E-state index contributed by atoms with van der Waals surface area (Å²) in [5.74, 6) is 5.20. The molecule has 16 heavy (non-hydrogen) atoms. The first kappa shape index (κ1) is 12.7. The number of hydrogen-bond donors (Lipinski definition) is 3. The van der Waals surface area contributed by atoms with E-state index in [1.165, 1.54) is 6.07 Å². The van der Waals surface area contributed by atoms with Crippen LogP contribution in [-0.4, -0.2) is 17.4 Å². The zero-order valence-corrected chi connectivity index (χ0v) is 9.28. The molecular weight excluding hydrogens is 204 g/mol. The Morgan fingerprint density at radius 3 is 2.69 bits per heavy atom. The first-order valence-corrected chi connectivity index (χ1v) is 5.50. The van der Waals surface area contributed by atoms with E-state index in [2.05, 4.69) is 5.43 Å². The highest BCUT2D eigenvalue weighted by molar-refractivity contribution is 5.98. The molecule has 0 saturated heterocycles. The number of carbonyl (C=O) groups is 1. The van der Waals surface area contributed by atoms with Crippen molar-refractivity contribution in [1.29, 1.82) is 0 Å². The van der Waals surface area contributed by atoms with Crippen molar-refractivity contribution in [2.75, 3.05) is 6.54 Å². The van der Waals surface area contributed by atoms with Crippen LogP contribution >= 0.6 is 0 Å². The normalized spacial score (nSPS) is 10.3. The molecule has 1 aromatic carbocycles. The molecule has 0 unspecified atom stereocenters. The molecule has 0 bridgehead atoms. The Balaban J connectivity index is 2.33. The van der Waals surface area contributed by atoms with E-state index in [0.29, 0.717) is 12.0 Å². The molecule has 4 heteroatoms. The van der Waals surface area contributed by atoms with Crippen molar-refractivity contribution in [1.82, 2.24) is 5.43 Å². The summed E-state index contributed by atoms with van der Waals surface area (Å²) >= 11 is 0. The van der Waals surface area contributed by atoms with Crippen LogP contribution in [0.3, 0.4) is 0 Å². The van der Waals surface area contributed by atoms with Crippen LogP contribution in [-0.2, 0) is 0 Å². The number of phenolic OH excluding ortho intramolecular Hbond substituents is 1. The van der Waals surface area contributed by atoms with E-state index in [1.807, 2.05) is 0 Å². The number of hydrogen-bond acceptors (Lipinski definition) is 4. The summed E-state index contributed by atoms with van der Waals surface area (Å²) in [6, 6.07) is 6.65. The van der Waals surface area contributed by atoms with E-state index in [9.17, 15) is 9.90 Å². The Morgan fingerprint density at radius 1 is 1.25 bits per heavy atom. The summed E-state index contributed by atoms with van der Waals surface area (Å²) in [5.41, 5.74) is 2.99. The molecule has 0 atom stereocenters. The fourth-order valence-electron chi connectivity index (χ4n) is 1.53. The van der Waals surface area contributed by atoms with Gasteiger partial charge in [-0.05, 0) is 25.0 Å². The lowest BCUT2D eigenvalue weighted by atomic mass is 10.0. The molecule has 0 heterocycles. The van der Waals surface area contributed by atoms with Crippen molar-refractivity contribution in [3.8, 4) is 5.75 Å². The molecule has 0 saturated carbocycles. The first-order valence-electron chi connectivity index (χ1n) is 5.50. The molecule has 0 radical (unpaired) electrons. The highest BCUT2D eigenvalue weighted by Crippen LogP contribution is 2.18. The third-order valence-electron chi connectivity index (χ3n) is 2.43. The van der Waals surface area contributed by atoms with Crippen molar-refractivity contribution in [2.45, 2.75) is 25.7 Å². The minimum Gasteiger partial charge on any atom is -0.507 e. The van der Waals surface area contributed by atoms with Crippen LogP contribution in [0, 0.1) is 0 Å². The molecule has 0 amide bonds. The van der Waals surface area contributed by atoms with Gasteiger partial charge in [-0.25, -0.2) is 0 Å². The van der Waals surface area contributed by atoms with Crippen LogP contribution in [0.5, 0.6) is 5.75 Å². The first-order chi connectivity index (χ1) is 7.75. The van der Waals surface area contributed by atoms with Gasteiger partial charge in [0.25, 0.3) is 0 Å². The number of nitrogens with two attached hydrogens (primary N) is 1. The van der Waals surface area contributed by atoms with E-state index in [4.69, 9.17) is 5.84 Å². The monoisotopic (exact) mass is 222 g/mol. The smallest absolute Gasteiger partial charge is 0.166 e. The number of aromatic hydroxyl groups is 1. The second kappa shape index (κ2) is 6.98. The molecule has 0 fully saturated rings. The standard InChI is InChI=1S/C12H18N2O2/c13-14-9-5-1-2-7-11(15)10-6-3-4-8-12(10)16/h3-4,6,8,14,16H,1-2,5,7,9,13H2. The number of rotatable bonds is 7. The number of carbonyl (C=O) groups excluding carboxylic acids is 1. The van der Waals surface area contributed by atoms with Gasteiger partial charge >= 0.3 is 0 Å². The van der Waals surface area contributed by atoms with Crippen LogP contribution < -0.4 is 11.3 Å². The predicted molar refractivity (Wildman–Crippen MR) is 63.1 cm³/mol. The van der Waals surface area contributed by atoms with Crippen LogP contribution in [0.2, 0.25) is 0 Å². The van der Waals surface area contributed by atoms with Gasteiger partial charge in [-0.1, -0.05) is 18.6 Å². The Morgan fingerprint density at radius 2 is 2.00 bits per heavy atom. The molecule has 0 spiro atoms. The van der Waals surface area contributed by atoms with Gasteiger partial charge in [-0.3, -0.25) is 16.1 Å². The van der Waals surface area contributed by atoms with Crippen LogP contribution in [0.15, 0.2) is 24.3 Å². The Hall–Kier alpha value is -1.39. The van der Waals surface area contributed by atoms with E-state index in [1.54, 1.807) is 18.2 Å². The average Bonchev–Trinajstić information content (AvgIpc) is 2.29. The molecule has 0 aromatic heterocycles. The highest BCUT2D eigenvalue weighted by Gasteiger charge is 2.09. The number of nitrogens with one attached hydrogen (secondary N) is 1. The van der Waals surface area contributed by atoms with Crippen LogP contribution in [0.4, 0.5) is 0 Å². The molecule has 0 aliphatic carbocycles. The van der Waals surface area contributed by atoms with Gasteiger partial charge in [-0.15, -0.1) is 0 Å². The van der Waals surface area contributed by atoms with Crippen molar-refractivity contribution >= 4 is 5.78 Å². The Bertz CT molecular complexity index is 340. The third kappa shape index (κ3) is 4.00. The third-order valence-corrected chi connectivity index (χ3v) is 2.43. The molecule has 4 nitrogen and oxygen atoms in total. The number of para-hydroxylation sites is 1. The van der Waals surface area contributed by atoms with Gasteiger partial charge in [0.05, 0.1) is 5.56 Å². The zero-order valence-electron chi connectivity index (χ0n) is 9.28. The summed E-state index contributed by atoms with van der Waals surface area (Å²) in [7, 11) is 0. The second-order valence-electron chi connectivity index (χ2n) is 3.71. The van der Waals surface area contributed by atoms with E-state index in [-0.39, 0.29) is 11.5 Å². The lowest BCUT2D eigenvalue weighted by Crippen LogP contribution is -2.22. The lowest BCUT2D eigenvalue weighted by Gasteiger charge is -2.03. The van der Waals surface area contributed by atoms with Gasteiger partial charge < -0.3 is 5.11 Å². The quantitative estimate of drug-likeness (QED) is 0.283. The van der Waals surface area contributed by atoms with Gasteiger partial charge in [0.15, 0.2) is 5.78 Å². The summed E-state index contributed by atoms with van der Waals surface area (Å²) in [6.45, 7) is 0.769. The molecule has 4 N–H and O–H groups in total. The number of unbranched alkanes of at least 4 members (excludes halogenated alkanes) is 2. The molecule has 1 aromatic rings. The molecule has 0 aliphatic heterocycles. The summed E-state index contributed by atoms with van der Waals surface area (Å²) < 4.78 is 0. The zero-order chi connectivity index (χ0) is 11.8. The topological polar surface area (TPSA) is 75.3 Å². The Kier molecular flexibility index (Phi) is 5.53. The number of benzene rings is 1. The Labute approximate surface area is 95.4 Å². The lowest BCUT2D eigenvalue weighted by molar-refractivity contribution is 0.0976. The predicted octanol–water partition coefficient (Wildman–Crippen LogP) is 1.60. The molecule has 0 aliphatic rings. The largest absolute Gasteiger partial charge is 0.507 e. The number of phenols is 1. The number of Topliss-reactive ketones (excluding diaryl/α,β-unsaturated/α-hetero) is 1. The fraction of sp³-hybridized carbons (Fsp3) is 0.417. The van der Waals surface area contributed by atoms with E-state index in [0.717, 1.165) is 25.8 Å². The minimum absolute atomic E-state index is 0.00110. The van der Waals surface area contributed by atoms with Crippen LogP contribution in [0.1, 0.15) is 36.0 Å². The van der Waals surface area contributed by atoms with Crippen LogP contribution in [0.25, 0.3) is 0 Å². The molecule has 88 valence electrons. The van der Waals surface area contributed by atoms with Gasteiger partial charge in [0, 0.05) is 13.0 Å². The summed E-state index contributed by atoms with van der Waals surface area (Å²) in [4.78, 5) is 11.7. The minimum atomic E-state index is -0.00110. The second-order valence-corrected chi connectivity index (χ2v) is 3.71. The number of ketones is 1. The van der Waals surface area contributed by atoms with Crippen molar-refractivity contribution in [2.24, 2.45) is 5.84 Å². The van der Waals surface area contributed by atoms with E-state index >= 15 is 0 Å². The van der Waals surface area contributed by atoms with Gasteiger partial charge in [-0.2, -0.15) is 0 Å². The maximum Gasteiger partial charge on any atom is 0.166 e. The van der Waals surface area contributed by atoms with Gasteiger partial charge in [0.1, 0.15) is 5.75 Å². The maximum absolute atomic E-state index is 11.7. The van der Waals surface area contributed by atoms with Crippen molar-refractivity contribution in [3.05, 3.63) is 29.8 Å². The van der Waals surface area contributed by atoms with E-state index < -0.39 is 0 Å². The van der Waals surface area contributed by atoms with Gasteiger partial charge in [0.2, 0.25) is 0 Å². The highest BCUT2D eigenvalue weighted by atomic mass is 16.3. The fourth-order valence-corrected chi connectivity index (χ4v) is 1.53.